The molecular weight excluding hydrogens is 338 g/mol. The molecule has 1 saturated carbocycles. The molecule has 1 aromatic rings. The molecule has 0 aromatic heterocycles. The average Bonchev–Trinajstić information content (AvgIpc) is 3.44. The molecule has 2 heterocycles. The third kappa shape index (κ3) is 3.15. The zero-order valence-electron chi connectivity index (χ0n) is 14.3. The van der Waals surface area contributed by atoms with E-state index in [1.54, 1.807) is 0 Å². The van der Waals surface area contributed by atoms with Crippen molar-refractivity contribution >= 4 is 23.4 Å². The van der Waals surface area contributed by atoms with Gasteiger partial charge in [-0.15, -0.1) is 0 Å². The number of piperazine rings is 1. The Morgan fingerprint density at radius 2 is 2.12 bits per heavy atom. The van der Waals surface area contributed by atoms with E-state index in [2.05, 4.69) is 5.32 Å². The number of hydrogen-bond donors (Lipinski definition) is 1. The largest absolute Gasteiger partial charge is 0.340 e. The van der Waals surface area contributed by atoms with E-state index in [-0.39, 0.29) is 23.3 Å². The van der Waals surface area contributed by atoms with Gasteiger partial charge in [-0.25, -0.2) is 0 Å². The third-order valence-electron chi connectivity index (χ3n) is 5.79. The highest BCUT2D eigenvalue weighted by Gasteiger charge is 2.53. The molecule has 2 aliphatic heterocycles. The van der Waals surface area contributed by atoms with Gasteiger partial charge in [-0.3, -0.25) is 9.59 Å². The van der Waals surface area contributed by atoms with E-state index < -0.39 is 0 Å². The molecule has 0 radical (unpaired) electrons. The number of nitrogens with zero attached hydrogens (tertiary/aromatic N) is 2. The third-order valence-corrected chi connectivity index (χ3v) is 6.02. The van der Waals surface area contributed by atoms with Crippen LogP contribution in [0.25, 0.3) is 0 Å². The minimum absolute atomic E-state index is 0.154. The number of rotatable bonds is 3. The lowest BCUT2D eigenvalue weighted by atomic mass is 9.92. The van der Waals surface area contributed by atoms with E-state index in [0.29, 0.717) is 18.1 Å². The highest BCUT2D eigenvalue weighted by Crippen LogP contribution is 2.50. The van der Waals surface area contributed by atoms with Crippen LogP contribution in [0.2, 0.25) is 5.02 Å². The van der Waals surface area contributed by atoms with Crippen LogP contribution < -0.4 is 5.32 Å². The van der Waals surface area contributed by atoms with Crippen LogP contribution in [0.15, 0.2) is 24.3 Å². The summed E-state index contributed by atoms with van der Waals surface area (Å²) in [6, 6.07) is 7.86. The molecule has 1 unspecified atom stereocenters. The summed E-state index contributed by atoms with van der Waals surface area (Å²) in [5.74, 6) is 0.364. The van der Waals surface area contributed by atoms with Crippen LogP contribution in [0.4, 0.5) is 0 Å². The molecule has 1 aromatic carbocycles. The number of carbonyl (C=O) groups excluding carboxylic acids is 2. The van der Waals surface area contributed by atoms with Crippen LogP contribution in [-0.2, 0) is 15.0 Å². The zero-order valence-corrected chi connectivity index (χ0v) is 15.1. The predicted molar refractivity (Wildman–Crippen MR) is 96.5 cm³/mol. The van der Waals surface area contributed by atoms with Crippen LogP contribution in [0.1, 0.15) is 31.2 Å². The first-order chi connectivity index (χ1) is 12.1. The molecule has 3 fully saturated rings. The fourth-order valence-electron chi connectivity index (χ4n) is 4.24. The van der Waals surface area contributed by atoms with Gasteiger partial charge in [-0.1, -0.05) is 23.7 Å². The van der Waals surface area contributed by atoms with Gasteiger partial charge in [0.05, 0.1) is 12.0 Å². The van der Waals surface area contributed by atoms with Crippen LogP contribution in [-0.4, -0.2) is 60.4 Å². The van der Waals surface area contributed by atoms with E-state index in [1.807, 2.05) is 34.1 Å². The standard InChI is InChI=1S/C19H24ClN3O2/c20-15-4-1-3-14(11-15)19(6-7-19)18(25)22-9-2-5-16(13-22)23-10-8-21-12-17(23)24/h1,3-4,11,16,21H,2,5-10,12-13H2. The first kappa shape index (κ1) is 16.9. The van der Waals surface area contributed by atoms with Crippen LogP contribution >= 0.6 is 11.6 Å². The fourth-order valence-corrected chi connectivity index (χ4v) is 4.43. The molecule has 2 saturated heterocycles. The second-order valence-electron chi connectivity index (χ2n) is 7.40. The lowest BCUT2D eigenvalue weighted by molar-refractivity contribution is -0.141. The number of nitrogens with one attached hydrogen (secondary N) is 1. The lowest BCUT2D eigenvalue weighted by Gasteiger charge is -2.42. The normalized spacial score (nSPS) is 25.8. The molecule has 4 rings (SSSR count). The van der Waals surface area contributed by atoms with Gasteiger partial charge in [0.2, 0.25) is 11.8 Å². The Bertz CT molecular complexity index is 689. The van der Waals surface area contributed by atoms with E-state index >= 15 is 0 Å². The predicted octanol–water partition coefficient (Wildman–Crippen LogP) is 1.79. The fraction of sp³-hybridized carbons (Fsp3) is 0.579. The molecule has 134 valence electrons. The number of amides is 2. The van der Waals surface area contributed by atoms with Crippen LogP contribution in [0.3, 0.4) is 0 Å². The summed E-state index contributed by atoms with van der Waals surface area (Å²) in [5, 5.41) is 3.79. The smallest absolute Gasteiger partial charge is 0.236 e. The monoisotopic (exact) mass is 361 g/mol. The van der Waals surface area contributed by atoms with Crippen molar-refractivity contribution in [2.75, 3.05) is 32.7 Å². The van der Waals surface area contributed by atoms with E-state index in [4.69, 9.17) is 11.6 Å². The van der Waals surface area contributed by atoms with Gasteiger partial charge >= 0.3 is 0 Å². The number of hydrogen-bond acceptors (Lipinski definition) is 3. The van der Waals surface area contributed by atoms with Crippen molar-refractivity contribution in [2.24, 2.45) is 0 Å². The number of carbonyl (C=O) groups is 2. The summed E-state index contributed by atoms with van der Waals surface area (Å²) in [6.45, 7) is 3.44. The number of halogens is 1. The molecular formula is C19H24ClN3O2. The topological polar surface area (TPSA) is 52.7 Å². The van der Waals surface area contributed by atoms with Gasteiger partial charge in [-0.2, -0.15) is 0 Å². The Balaban J connectivity index is 1.49. The Kier molecular flexibility index (Phi) is 4.46. The number of likely N-dealkylation sites (tertiary alicyclic amines) is 1. The second-order valence-corrected chi connectivity index (χ2v) is 7.84. The molecule has 1 aliphatic carbocycles. The molecule has 6 heteroatoms. The van der Waals surface area contributed by atoms with Crippen molar-refractivity contribution in [2.45, 2.75) is 37.1 Å². The first-order valence-electron chi connectivity index (χ1n) is 9.16. The second kappa shape index (κ2) is 6.61. The maximum atomic E-state index is 13.3. The quantitative estimate of drug-likeness (QED) is 0.893. The van der Waals surface area contributed by atoms with Crippen molar-refractivity contribution in [1.29, 1.82) is 0 Å². The molecule has 25 heavy (non-hydrogen) atoms. The van der Waals surface area contributed by atoms with Crippen molar-refractivity contribution in [1.82, 2.24) is 15.1 Å². The highest BCUT2D eigenvalue weighted by atomic mass is 35.5. The van der Waals surface area contributed by atoms with Gasteiger partial charge in [0, 0.05) is 37.2 Å². The van der Waals surface area contributed by atoms with Gasteiger partial charge in [0.15, 0.2) is 0 Å². The van der Waals surface area contributed by atoms with Crippen LogP contribution in [0, 0.1) is 0 Å². The first-order valence-corrected chi connectivity index (χ1v) is 9.53. The summed E-state index contributed by atoms with van der Waals surface area (Å²) in [6.07, 6.45) is 3.72. The van der Waals surface area contributed by atoms with Gasteiger partial charge < -0.3 is 15.1 Å². The molecule has 1 atom stereocenters. The molecule has 0 bridgehead atoms. The SMILES string of the molecule is O=C1CNCCN1C1CCCN(C(=O)C2(c3cccc(Cl)c3)CC2)C1. The minimum Gasteiger partial charge on any atom is -0.340 e. The Hall–Kier alpha value is -1.59. The molecule has 0 spiro atoms. The Labute approximate surface area is 153 Å². The van der Waals surface area contributed by atoms with Gasteiger partial charge in [0.1, 0.15) is 0 Å². The number of benzene rings is 1. The summed E-state index contributed by atoms with van der Waals surface area (Å²) in [4.78, 5) is 29.4. The summed E-state index contributed by atoms with van der Waals surface area (Å²) in [5.41, 5.74) is 0.644. The van der Waals surface area contributed by atoms with Crippen molar-refractivity contribution in [3.63, 3.8) is 0 Å². The van der Waals surface area contributed by atoms with Crippen molar-refractivity contribution in [3.8, 4) is 0 Å². The average molecular weight is 362 g/mol. The summed E-state index contributed by atoms with van der Waals surface area (Å²) >= 11 is 6.13. The van der Waals surface area contributed by atoms with Crippen molar-refractivity contribution in [3.05, 3.63) is 34.9 Å². The zero-order chi connectivity index (χ0) is 17.4. The maximum absolute atomic E-state index is 13.3. The van der Waals surface area contributed by atoms with E-state index in [1.165, 1.54) is 0 Å². The summed E-state index contributed by atoms with van der Waals surface area (Å²) < 4.78 is 0. The van der Waals surface area contributed by atoms with E-state index in [0.717, 1.165) is 50.9 Å². The molecule has 3 aliphatic rings. The molecule has 5 nitrogen and oxygen atoms in total. The Morgan fingerprint density at radius 1 is 1.28 bits per heavy atom. The molecule has 1 N–H and O–H groups in total. The summed E-state index contributed by atoms with van der Waals surface area (Å²) in [7, 11) is 0. The van der Waals surface area contributed by atoms with Crippen molar-refractivity contribution < 1.29 is 9.59 Å². The lowest BCUT2D eigenvalue weighted by Crippen LogP contribution is -2.58. The number of piperidine rings is 1. The maximum Gasteiger partial charge on any atom is 0.236 e. The van der Waals surface area contributed by atoms with Crippen LogP contribution in [0.5, 0.6) is 0 Å². The van der Waals surface area contributed by atoms with E-state index in [9.17, 15) is 9.59 Å². The highest BCUT2D eigenvalue weighted by molar-refractivity contribution is 6.30. The minimum atomic E-state index is -0.389. The molecule has 2 amide bonds. The van der Waals surface area contributed by atoms with Gasteiger partial charge in [-0.05, 0) is 43.4 Å². The van der Waals surface area contributed by atoms with Gasteiger partial charge in [0.25, 0.3) is 0 Å². The Morgan fingerprint density at radius 3 is 2.84 bits per heavy atom.